The van der Waals surface area contributed by atoms with Crippen LogP contribution in [-0.4, -0.2) is 56.7 Å². The fourth-order valence-corrected chi connectivity index (χ4v) is 2.01. The van der Waals surface area contributed by atoms with Gasteiger partial charge in [0, 0.05) is 31.6 Å². The second kappa shape index (κ2) is 10.6. The van der Waals surface area contributed by atoms with Crippen molar-refractivity contribution in [3.05, 3.63) is 24.3 Å². The maximum absolute atomic E-state index is 11.8. The second-order valence-corrected chi connectivity index (χ2v) is 4.97. The zero-order valence-corrected chi connectivity index (χ0v) is 14.0. The third-order valence-electron chi connectivity index (χ3n) is 3.31. The van der Waals surface area contributed by atoms with Crippen LogP contribution in [-0.2, 0) is 9.53 Å². The molecule has 0 fully saturated rings. The third-order valence-corrected chi connectivity index (χ3v) is 3.31. The summed E-state index contributed by atoms with van der Waals surface area (Å²) in [5.41, 5.74) is 1.31. The molecule has 0 heterocycles. The molecule has 0 unspecified atom stereocenters. The molecule has 1 aromatic rings. The quantitative estimate of drug-likeness (QED) is 0.647. The van der Waals surface area contributed by atoms with Crippen LogP contribution in [0.2, 0.25) is 0 Å². The van der Waals surface area contributed by atoms with Crippen LogP contribution in [0.1, 0.15) is 13.8 Å². The van der Waals surface area contributed by atoms with Crippen LogP contribution in [0.5, 0.6) is 0 Å². The van der Waals surface area contributed by atoms with E-state index in [0.717, 1.165) is 19.6 Å². The van der Waals surface area contributed by atoms with Gasteiger partial charge in [-0.15, -0.1) is 0 Å². The summed E-state index contributed by atoms with van der Waals surface area (Å²) in [6.45, 7) is 7.55. The molecule has 1 rings (SSSR count). The zero-order valence-electron chi connectivity index (χ0n) is 14.0. The zero-order chi connectivity index (χ0) is 17.1. The molecule has 23 heavy (non-hydrogen) atoms. The SMILES string of the molecule is CCN(CC)CCNC(=O)Nc1ccc(NC(=O)COC)cc1. The Morgan fingerprint density at radius 2 is 1.61 bits per heavy atom. The number of amides is 3. The van der Waals surface area contributed by atoms with E-state index in [-0.39, 0.29) is 18.5 Å². The molecule has 0 aromatic heterocycles. The van der Waals surface area contributed by atoms with Gasteiger partial charge in [0.15, 0.2) is 0 Å². The Kier molecular flexibility index (Phi) is 8.71. The Morgan fingerprint density at radius 3 is 2.13 bits per heavy atom. The minimum absolute atomic E-state index is 0.00887. The van der Waals surface area contributed by atoms with Gasteiger partial charge in [-0.3, -0.25) is 4.79 Å². The maximum Gasteiger partial charge on any atom is 0.319 e. The first-order valence-corrected chi connectivity index (χ1v) is 7.75. The lowest BCUT2D eigenvalue weighted by molar-refractivity contribution is -0.119. The molecule has 7 nitrogen and oxygen atoms in total. The molecule has 0 saturated heterocycles. The number of methoxy groups -OCH3 is 1. The minimum Gasteiger partial charge on any atom is -0.375 e. The number of urea groups is 1. The van der Waals surface area contributed by atoms with E-state index in [1.54, 1.807) is 24.3 Å². The third kappa shape index (κ3) is 7.62. The Balaban J connectivity index is 2.36. The number of carbonyl (C=O) groups is 2. The van der Waals surface area contributed by atoms with E-state index in [9.17, 15) is 9.59 Å². The molecule has 0 aliphatic carbocycles. The Morgan fingerprint density at radius 1 is 1.04 bits per heavy atom. The van der Waals surface area contributed by atoms with Crippen LogP contribution in [0, 0.1) is 0 Å². The number of rotatable bonds is 9. The highest BCUT2D eigenvalue weighted by atomic mass is 16.5. The van der Waals surface area contributed by atoms with E-state index in [1.165, 1.54) is 7.11 Å². The number of benzene rings is 1. The van der Waals surface area contributed by atoms with Crippen LogP contribution < -0.4 is 16.0 Å². The largest absolute Gasteiger partial charge is 0.375 e. The van der Waals surface area contributed by atoms with Gasteiger partial charge in [-0.2, -0.15) is 0 Å². The summed E-state index contributed by atoms with van der Waals surface area (Å²) in [7, 11) is 1.46. The number of carbonyl (C=O) groups excluding carboxylic acids is 2. The summed E-state index contributed by atoms with van der Waals surface area (Å²) in [5.74, 6) is -0.220. The monoisotopic (exact) mass is 322 g/mol. The van der Waals surface area contributed by atoms with Crippen molar-refractivity contribution in [3.63, 3.8) is 0 Å². The van der Waals surface area contributed by atoms with E-state index < -0.39 is 0 Å². The fourth-order valence-electron chi connectivity index (χ4n) is 2.01. The van der Waals surface area contributed by atoms with Crippen LogP contribution in [0.4, 0.5) is 16.2 Å². The van der Waals surface area contributed by atoms with Gasteiger partial charge in [-0.1, -0.05) is 13.8 Å². The molecule has 7 heteroatoms. The van der Waals surface area contributed by atoms with Crippen LogP contribution in [0.3, 0.4) is 0 Å². The molecule has 0 bridgehead atoms. The van der Waals surface area contributed by atoms with Gasteiger partial charge >= 0.3 is 6.03 Å². The number of likely N-dealkylation sites (N-methyl/N-ethyl adjacent to an activating group) is 1. The topological polar surface area (TPSA) is 82.7 Å². The highest BCUT2D eigenvalue weighted by molar-refractivity contribution is 5.93. The molecule has 3 N–H and O–H groups in total. The van der Waals surface area contributed by atoms with Crippen molar-refractivity contribution in [3.8, 4) is 0 Å². The highest BCUT2D eigenvalue weighted by Crippen LogP contribution is 2.13. The molecular weight excluding hydrogens is 296 g/mol. The summed E-state index contributed by atoms with van der Waals surface area (Å²) in [5, 5.41) is 8.25. The van der Waals surface area contributed by atoms with Gasteiger partial charge in [0.2, 0.25) is 5.91 Å². The van der Waals surface area contributed by atoms with Gasteiger partial charge in [-0.25, -0.2) is 4.79 Å². The standard InChI is InChI=1S/C16H26N4O3/c1-4-20(5-2)11-10-17-16(22)19-14-8-6-13(7-9-14)18-15(21)12-23-3/h6-9H,4-5,10-12H2,1-3H3,(H,18,21)(H2,17,19,22). The lowest BCUT2D eigenvalue weighted by Gasteiger charge is -2.18. The van der Waals surface area contributed by atoms with E-state index >= 15 is 0 Å². The first-order valence-electron chi connectivity index (χ1n) is 7.75. The molecule has 3 amide bonds. The normalized spacial score (nSPS) is 10.4. The smallest absolute Gasteiger partial charge is 0.319 e. The van der Waals surface area contributed by atoms with E-state index in [1.807, 2.05) is 0 Å². The minimum atomic E-state index is -0.242. The number of anilines is 2. The van der Waals surface area contributed by atoms with Crippen molar-refractivity contribution < 1.29 is 14.3 Å². The lowest BCUT2D eigenvalue weighted by atomic mass is 10.3. The Labute approximate surface area is 137 Å². The molecule has 0 atom stereocenters. The highest BCUT2D eigenvalue weighted by Gasteiger charge is 2.04. The van der Waals surface area contributed by atoms with Gasteiger partial charge < -0.3 is 25.6 Å². The molecule has 0 spiro atoms. The number of ether oxygens (including phenoxy) is 1. The van der Waals surface area contributed by atoms with E-state index in [4.69, 9.17) is 4.74 Å². The molecule has 0 radical (unpaired) electrons. The van der Waals surface area contributed by atoms with Crippen LogP contribution in [0.15, 0.2) is 24.3 Å². The lowest BCUT2D eigenvalue weighted by Crippen LogP contribution is -2.36. The summed E-state index contributed by atoms with van der Waals surface area (Å²) in [6.07, 6.45) is 0. The van der Waals surface area contributed by atoms with Crippen molar-refractivity contribution in [1.29, 1.82) is 0 Å². The fraction of sp³-hybridized carbons (Fsp3) is 0.500. The molecule has 128 valence electrons. The first-order chi connectivity index (χ1) is 11.1. The Hall–Kier alpha value is -2.12. The predicted molar refractivity (Wildman–Crippen MR) is 91.8 cm³/mol. The average Bonchev–Trinajstić information content (AvgIpc) is 2.54. The molecule has 0 aliphatic heterocycles. The summed E-state index contributed by atoms with van der Waals surface area (Å²) >= 11 is 0. The number of nitrogens with zero attached hydrogens (tertiary/aromatic N) is 1. The number of hydrogen-bond donors (Lipinski definition) is 3. The molecule has 0 saturated carbocycles. The van der Waals surface area contributed by atoms with Crippen molar-refractivity contribution in [2.24, 2.45) is 0 Å². The van der Waals surface area contributed by atoms with Crippen molar-refractivity contribution >= 4 is 23.3 Å². The van der Waals surface area contributed by atoms with Gasteiger partial charge in [0.25, 0.3) is 0 Å². The number of nitrogens with one attached hydrogen (secondary N) is 3. The van der Waals surface area contributed by atoms with Crippen LogP contribution >= 0.6 is 0 Å². The van der Waals surface area contributed by atoms with Gasteiger partial charge in [0.1, 0.15) is 6.61 Å². The summed E-state index contributed by atoms with van der Waals surface area (Å²) in [6, 6.07) is 6.66. The molecule has 0 aliphatic rings. The molecule has 1 aromatic carbocycles. The second-order valence-electron chi connectivity index (χ2n) is 4.97. The van der Waals surface area contributed by atoms with Gasteiger partial charge in [-0.05, 0) is 37.4 Å². The Bertz CT molecular complexity index is 487. The van der Waals surface area contributed by atoms with E-state index in [0.29, 0.717) is 17.9 Å². The molecular formula is C16H26N4O3. The maximum atomic E-state index is 11.8. The first kappa shape index (κ1) is 18.9. The van der Waals surface area contributed by atoms with Crippen molar-refractivity contribution in [2.45, 2.75) is 13.8 Å². The summed E-state index contributed by atoms with van der Waals surface area (Å²) in [4.78, 5) is 25.4. The van der Waals surface area contributed by atoms with Crippen molar-refractivity contribution in [1.82, 2.24) is 10.2 Å². The van der Waals surface area contributed by atoms with E-state index in [2.05, 4.69) is 34.7 Å². The van der Waals surface area contributed by atoms with Crippen LogP contribution in [0.25, 0.3) is 0 Å². The number of hydrogen-bond acceptors (Lipinski definition) is 4. The van der Waals surface area contributed by atoms with Crippen molar-refractivity contribution in [2.75, 3.05) is 50.5 Å². The average molecular weight is 322 g/mol. The summed E-state index contributed by atoms with van der Waals surface area (Å²) < 4.78 is 4.74. The van der Waals surface area contributed by atoms with Gasteiger partial charge in [0.05, 0.1) is 0 Å². The predicted octanol–water partition coefficient (Wildman–Crippen LogP) is 1.73.